The molecule has 6 fully saturated rings. The lowest BCUT2D eigenvalue weighted by molar-refractivity contribution is -0.116. The number of urea groups is 1. The van der Waals surface area contributed by atoms with Crippen molar-refractivity contribution in [3.63, 3.8) is 0 Å². The molecular weight excluding hydrogens is 422 g/mol. The van der Waals surface area contributed by atoms with E-state index in [1.807, 2.05) is 34.1 Å². The largest absolute Gasteiger partial charge is 0.497 e. The molecule has 2 saturated heterocycles. The van der Waals surface area contributed by atoms with Crippen LogP contribution in [0.4, 0.5) is 10.5 Å². The molecule has 0 unspecified atom stereocenters. The monoisotopic (exact) mass is 455 g/mol. The number of ether oxygens (including phenoxy) is 1. The fourth-order valence-electron chi connectivity index (χ4n) is 7.66. The van der Waals surface area contributed by atoms with Crippen LogP contribution in [0.1, 0.15) is 51.4 Å². The first-order chi connectivity index (χ1) is 15.5. The summed E-state index contributed by atoms with van der Waals surface area (Å²) in [7, 11) is 1.65. The van der Waals surface area contributed by atoms with Gasteiger partial charge in [0.15, 0.2) is 0 Å². The van der Waals surface area contributed by atoms with Crippen LogP contribution in [-0.4, -0.2) is 53.2 Å². The molecule has 2 aliphatic heterocycles. The number of rotatable bonds is 3. The van der Waals surface area contributed by atoms with E-state index in [1.54, 1.807) is 18.9 Å². The van der Waals surface area contributed by atoms with Crippen LogP contribution in [0.2, 0.25) is 0 Å². The number of methoxy groups -OCH3 is 1. The van der Waals surface area contributed by atoms with Gasteiger partial charge in [0, 0.05) is 24.3 Å². The number of likely N-dealkylation sites (tertiary alicyclic amines) is 1. The number of amides is 3. The van der Waals surface area contributed by atoms with Crippen molar-refractivity contribution in [1.29, 1.82) is 0 Å². The molecule has 0 radical (unpaired) electrons. The van der Waals surface area contributed by atoms with E-state index < -0.39 is 0 Å². The average molecular weight is 456 g/mol. The number of nitrogens with zero attached hydrogens (tertiary/aromatic N) is 2. The fourth-order valence-corrected chi connectivity index (χ4v) is 8.99. The van der Waals surface area contributed by atoms with Gasteiger partial charge in [0.05, 0.1) is 17.7 Å². The zero-order valence-electron chi connectivity index (χ0n) is 18.8. The SMILES string of the molecule is COc1ccc(N2C(=O)CSC23CCN(C(=O)NC24CC5CC(CC(C5)C2)C4)CC3)cc1. The average Bonchev–Trinajstić information content (AvgIpc) is 3.08. The van der Waals surface area contributed by atoms with E-state index in [0.29, 0.717) is 18.8 Å². The minimum absolute atomic E-state index is 0.0498. The highest BCUT2D eigenvalue weighted by Gasteiger charge is 2.53. The minimum atomic E-state index is -0.247. The third kappa shape index (κ3) is 3.39. The number of thioether (sulfide) groups is 1. The number of benzene rings is 1. The summed E-state index contributed by atoms with van der Waals surface area (Å²) in [4.78, 5) is 29.8. The van der Waals surface area contributed by atoms with E-state index in [1.165, 1.54) is 38.5 Å². The Balaban J connectivity index is 1.13. The quantitative estimate of drug-likeness (QED) is 0.740. The van der Waals surface area contributed by atoms with Crippen molar-refractivity contribution in [2.75, 3.05) is 30.9 Å². The Morgan fingerprint density at radius 2 is 1.62 bits per heavy atom. The molecule has 0 atom stereocenters. The first kappa shape index (κ1) is 20.7. The smallest absolute Gasteiger partial charge is 0.317 e. The highest BCUT2D eigenvalue weighted by molar-refractivity contribution is 8.02. The van der Waals surface area contributed by atoms with Crippen LogP contribution in [0.25, 0.3) is 0 Å². The van der Waals surface area contributed by atoms with E-state index in [2.05, 4.69) is 5.32 Å². The van der Waals surface area contributed by atoms with Crippen LogP contribution in [0.5, 0.6) is 5.75 Å². The molecule has 6 aliphatic rings. The number of carbonyl (C=O) groups is 2. The van der Waals surface area contributed by atoms with Gasteiger partial charge in [0.25, 0.3) is 0 Å². The number of carbonyl (C=O) groups excluding carboxylic acids is 2. The van der Waals surface area contributed by atoms with Crippen molar-refractivity contribution in [3.05, 3.63) is 24.3 Å². The number of piperidine rings is 1. The van der Waals surface area contributed by atoms with Gasteiger partial charge in [-0.3, -0.25) is 9.69 Å². The van der Waals surface area contributed by atoms with Crippen LogP contribution >= 0.6 is 11.8 Å². The van der Waals surface area contributed by atoms with Crippen molar-refractivity contribution in [1.82, 2.24) is 10.2 Å². The summed E-state index contributed by atoms with van der Waals surface area (Å²) < 4.78 is 5.28. The maximum absolute atomic E-state index is 13.3. The molecule has 7 heteroatoms. The predicted octanol–water partition coefficient (Wildman–Crippen LogP) is 4.25. The topological polar surface area (TPSA) is 61.9 Å². The van der Waals surface area contributed by atoms with Crippen molar-refractivity contribution in [2.24, 2.45) is 17.8 Å². The number of hydrogen-bond acceptors (Lipinski definition) is 4. The van der Waals surface area contributed by atoms with Gasteiger partial charge in [0.1, 0.15) is 5.75 Å². The molecular formula is C25H33N3O3S. The van der Waals surface area contributed by atoms with Crippen molar-refractivity contribution >= 4 is 29.4 Å². The third-order valence-electron chi connectivity index (χ3n) is 8.69. The second-order valence-corrected chi connectivity index (χ2v) is 12.1. The summed E-state index contributed by atoms with van der Waals surface area (Å²) >= 11 is 1.74. The summed E-state index contributed by atoms with van der Waals surface area (Å²) in [5.41, 5.74) is 0.973. The molecule has 4 bridgehead atoms. The Hall–Kier alpha value is -1.89. The molecule has 4 aliphatic carbocycles. The van der Waals surface area contributed by atoms with Gasteiger partial charge in [-0.25, -0.2) is 4.79 Å². The zero-order valence-corrected chi connectivity index (χ0v) is 19.7. The molecule has 3 amide bonds. The van der Waals surface area contributed by atoms with Crippen LogP contribution in [0.15, 0.2) is 24.3 Å². The Morgan fingerprint density at radius 1 is 1.03 bits per heavy atom. The van der Waals surface area contributed by atoms with Gasteiger partial charge in [-0.05, 0) is 93.4 Å². The molecule has 172 valence electrons. The summed E-state index contributed by atoms with van der Waals surface area (Å²) in [5.74, 6) is 3.93. The summed E-state index contributed by atoms with van der Waals surface area (Å²) in [5, 5.41) is 3.52. The van der Waals surface area contributed by atoms with Crippen LogP contribution in [0, 0.1) is 17.8 Å². The van der Waals surface area contributed by atoms with Crippen molar-refractivity contribution < 1.29 is 14.3 Å². The first-order valence-corrected chi connectivity index (χ1v) is 13.1. The van der Waals surface area contributed by atoms with Crippen LogP contribution < -0.4 is 15.0 Å². The van der Waals surface area contributed by atoms with E-state index in [4.69, 9.17) is 4.74 Å². The highest BCUT2D eigenvalue weighted by atomic mass is 32.2. The molecule has 1 spiro atoms. The first-order valence-electron chi connectivity index (χ1n) is 12.2. The Labute approximate surface area is 194 Å². The van der Waals surface area contributed by atoms with E-state index >= 15 is 0 Å². The van der Waals surface area contributed by atoms with Gasteiger partial charge in [-0.1, -0.05) is 0 Å². The van der Waals surface area contributed by atoms with Crippen molar-refractivity contribution in [3.8, 4) is 5.75 Å². The molecule has 0 aromatic heterocycles. The zero-order chi connectivity index (χ0) is 21.9. The van der Waals surface area contributed by atoms with Gasteiger partial charge < -0.3 is 15.0 Å². The second kappa shape index (κ2) is 7.57. The predicted molar refractivity (Wildman–Crippen MR) is 126 cm³/mol. The lowest BCUT2D eigenvalue weighted by Crippen LogP contribution is -2.63. The Kier molecular flexibility index (Phi) is 4.90. The number of nitrogens with one attached hydrogen (secondary N) is 1. The molecule has 32 heavy (non-hydrogen) atoms. The maximum Gasteiger partial charge on any atom is 0.317 e. The summed E-state index contributed by atoms with van der Waals surface area (Å²) in [6, 6.07) is 7.88. The fraction of sp³-hybridized carbons (Fsp3) is 0.680. The van der Waals surface area contributed by atoms with Gasteiger partial charge >= 0.3 is 6.03 Å². The van der Waals surface area contributed by atoms with Gasteiger partial charge in [-0.2, -0.15) is 0 Å². The van der Waals surface area contributed by atoms with Crippen LogP contribution in [0.3, 0.4) is 0 Å². The minimum Gasteiger partial charge on any atom is -0.497 e. The lowest BCUT2D eigenvalue weighted by atomic mass is 9.53. The third-order valence-corrected chi connectivity index (χ3v) is 10.2. The number of hydrogen-bond donors (Lipinski definition) is 1. The molecule has 1 aromatic carbocycles. The summed E-state index contributed by atoms with van der Waals surface area (Å²) in [6.07, 6.45) is 9.30. The van der Waals surface area contributed by atoms with Crippen molar-refractivity contribution in [2.45, 2.75) is 61.8 Å². The van der Waals surface area contributed by atoms with E-state index in [-0.39, 0.29) is 22.3 Å². The standard InChI is InChI=1S/C25H33N3O3S/c1-31-21-4-2-20(3-5-21)28-22(29)16-32-25(28)6-8-27(9-7-25)23(30)26-24-13-17-10-18(14-24)12-19(11-17)15-24/h2-5,17-19H,6-16H2,1H3,(H,26,30). The molecule has 1 N–H and O–H groups in total. The van der Waals surface area contributed by atoms with Gasteiger partial charge in [-0.15, -0.1) is 11.8 Å². The summed E-state index contributed by atoms with van der Waals surface area (Å²) in [6.45, 7) is 1.40. The maximum atomic E-state index is 13.3. The van der Waals surface area contributed by atoms with Gasteiger partial charge in [0.2, 0.25) is 5.91 Å². The lowest BCUT2D eigenvalue weighted by Gasteiger charge is -2.57. The molecule has 4 saturated carbocycles. The Morgan fingerprint density at radius 3 is 2.19 bits per heavy atom. The van der Waals surface area contributed by atoms with E-state index in [9.17, 15) is 9.59 Å². The normalized spacial score (nSPS) is 34.9. The number of anilines is 1. The van der Waals surface area contributed by atoms with Crippen LogP contribution in [-0.2, 0) is 4.79 Å². The molecule has 6 nitrogen and oxygen atoms in total. The molecule has 7 rings (SSSR count). The molecule has 1 aromatic rings. The van der Waals surface area contributed by atoms with E-state index in [0.717, 1.165) is 42.0 Å². The Bertz CT molecular complexity index is 874. The highest BCUT2D eigenvalue weighted by Crippen LogP contribution is 2.55. The second-order valence-electron chi connectivity index (χ2n) is 10.8. The molecule has 2 heterocycles.